The van der Waals surface area contributed by atoms with Crippen LogP contribution in [0, 0.1) is 0 Å². The third-order valence-electron chi connectivity index (χ3n) is 1.37. The Morgan fingerprint density at radius 3 is 2.30 bits per heavy atom. The second-order valence-electron chi connectivity index (χ2n) is 2.35. The first kappa shape index (κ1) is 9.62. The van der Waals surface area contributed by atoms with E-state index in [0.717, 1.165) is 0 Å². The second-order valence-corrected chi connectivity index (χ2v) is 2.35. The summed E-state index contributed by atoms with van der Waals surface area (Å²) in [4.78, 5) is 4.01. The van der Waals surface area contributed by atoms with Gasteiger partial charge in [0.2, 0.25) is 0 Å². The predicted molar refractivity (Wildman–Crippen MR) is 38.6 cm³/mol. The molecule has 60 valence electrons. The molecule has 2 atom stereocenters. The van der Waals surface area contributed by atoms with Gasteiger partial charge in [-0.15, -0.1) is 0 Å². The Kier molecular flexibility index (Phi) is 4.27. The maximum absolute atomic E-state index is 9.14. The molecule has 0 aliphatic heterocycles. The van der Waals surface area contributed by atoms with E-state index in [2.05, 4.69) is 11.5 Å². The molecule has 0 spiro atoms. The van der Waals surface area contributed by atoms with Gasteiger partial charge in [-0.05, 0) is 18.9 Å². The van der Waals surface area contributed by atoms with E-state index < -0.39 is 12.2 Å². The standard InChI is InChI=1S/C7H14O3/c1-4-6(8)7(10-9)5(2)3/h6-9H,2,4H2,1,3H3/t6-,7-/m0/s1. The highest BCUT2D eigenvalue weighted by molar-refractivity contribution is 5.00. The van der Waals surface area contributed by atoms with Crippen LogP contribution in [-0.2, 0) is 4.89 Å². The van der Waals surface area contributed by atoms with Gasteiger partial charge >= 0.3 is 0 Å². The van der Waals surface area contributed by atoms with Crippen LogP contribution in [-0.4, -0.2) is 22.6 Å². The SMILES string of the molecule is C=C(C)[C@H](OO)[C@@H](O)CC. The van der Waals surface area contributed by atoms with Crippen LogP contribution in [0.25, 0.3) is 0 Å². The van der Waals surface area contributed by atoms with Crippen molar-refractivity contribution in [2.45, 2.75) is 32.5 Å². The minimum atomic E-state index is -0.664. The maximum atomic E-state index is 9.14. The summed E-state index contributed by atoms with van der Waals surface area (Å²) in [6.07, 6.45) is -0.773. The molecule has 3 heteroatoms. The molecular formula is C7H14O3. The van der Waals surface area contributed by atoms with Crippen LogP contribution >= 0.6 is 0 Å². The van der Waals surface area contributed by atoms with E-state index in [4.69, 9.17) is 10.4 Å². The van der Waals surface area contributed by atoms with Gasteiger partial charge in [0, 0.05) is 0 Å². The topological polar surface area (TPSA) is 49.7 Å². The van der Waals surface area contributed by atoms with Crippen LogP contribution in [0.1, 0.15) is 20.3 Å². The van der Waals surface area contributed by atoms with Crippen molar-refractivity contribution in [3.63, 3.8) is 0 Å². The monoisotopic (exact) mass is 146 g/mol. The van der Waals surface area contributed by atoms with E-state index in [-0.39, 0.29) is 0 Å². The van der Waals surface area contributed by atoms with Crippen LogP contribution < -0.4 is 0 Å². The summed E-state index contributed by atoms with van der Waals surface area (Å²) in [5.41, 5.74) is 0.622. The molecule has 0 saturated heterocycles. The van der Waals surface area contributed by atoms with Gasteiger partial charge in [-0.3, -0.25) is 5.26 Å². The number of hydrogen-bond acceptors (Lipinski definition) is 3. The Balaban J connectivity index is 3.92. The molecule has 0 aliphatic rings. The quantitative estimate of drug-likeness (QED) is 0.356. The van der Waals surface area contributed by atoms with Gasteiger partial charge in [-0.2, -0.15) is 0 Å². The lowest BCUT2D eigenvalue weighted by Gasteiger charge is -2.17. The van der Waals surface area contributed by atoms with Crippen LogP contribution in [0.4, 0.5) is 0 Å². The molecule has 3 nitrogen and oxygen atoms in total. The minimum Gasteiger partial charge on any atom is -0.390 e. The average Bonchev–Trinajstić information content (AvgIpc) is 1.88. The Bertz CT molecular complexity index is 111. The summed E-state index contributed by atoms with van der Waals surface area (Å²) in [7, 11) is 0. The van der Waals surface area contributed by atoms with Crippen LogP contribution in [0.15, 0.2) is 12.2 Å². The van der Waals surface area contributed by atoms with Gasteiger partial charge in [0.05, 0.1) is 6.10 Å². The molecule has 0 bridgehead atoms. The fourth-order valence-electron chi connectivity index (χ4n) is 0.703. The van der Waals surface area contributed by atoms with Crippen molar-refractivity contribution in [1.82, 2.24) is 0 Å². The number of rotatable bonds is 4. The summed E-state index contributed by atoms with van der Waals surface area (Å²) >= 11 is 0. The van der Waals surface area contributed by atoms with Crippen molar-refractivity contribution in [2.24, 2.45) is 0 Å². The third-order valence-corrected chi connectivity index (χ3v) is 1.37. The smallest absolute Gasteiger partial charge is 0.139 e. The zero-order valence-electron chi connectivity index (χ0n) is 6.37. The van der Waals surface area contributed by atoms with E-state index in [1.54, 1.807) is 13.8 Å². The Morgan fingerprint density at radius 1 is 1.70 bits per heavy atom. The fraction of sp³-hybridized carbons (Fsp3) is 0.714. The Labute approximate surface area is 60.9 Å². The second kappa shape index (κ2) is 4.44. The molecule has 0 aromatic rings. The maximum Gasteiger partial charge on any atom is 0.139 e. The number of hydrogen-bond donors (Lipinski definition) is 2. The van der Waals surface area contributed by atoms with Crippen molar-refractivity contribution in [3.05, 3.63) is 12.2 Å². The van der Waals surface area contributed by atoms with Crippen LogP contribution in [0.5, 0.6) is 0 Å². The van der Waals surface area contributed by atoms with Crippen LogP contribution in [0.2, 0.25) is 0 Å². The zero-order valence-corrected chi connectivity index (χ0v) is 6.37. The summed E-state index contributed by atoms with van der Waals surface area (Å²) in [5.74, 6) is 0. The first-order valence-electron chi connectivity index (χ1n) is 3.27. The van der Waals surface area contributed by atoms with Crippen molar-refractivity contribution in [1.29, 1.82) is 0 Å². The van der Waals surface area contributed by atoms with Gasteiger partial charge in [0.15, 0.2) is 0 Å². The molecule has 0 rings (SSSR count). The minimum absolute atomic E-state index is 0.540. The number of aliphatic hydroxyl groups excluding tert-OH is 1. The third kappa shape index (κ3) is 2.47. The molecule has 0 radical (unpaired) electrons. The van der Waals surface area contributed by atoms with Gasteiger partial charge in [-0.25, -0.2) is 4.89 Å². The summed E-state index contributed by atoms with van der Waals surface area (Å²) < 4.78 is 0. The highest BCUT2D eigenvalue weighted by atomic mass is 17.1. The predicted octanol–water partition coefficient (Wildman–Crippen LogP) is 1.19. The Morgan fingerprint density at radius 2 is 2.20 bits per heavy atom. The highest BCUT2D eigenvalue weighted by Crippen LogP contribution is 2.09. The van der Waals surface area contributed by atoms with Gasteiger partial charge in [0.25, 0.3) is 0 Å². The van der Waals surface area contributed by atoms with Gasteiger partial charge in [-0.1, -0.05) is 13.5 Å². The first-order chi connectivity index (χ1) is 4.63. The summed E-state index contributed by atoms with van der Waals surface area (Å²) in [6.45, 7) is 7.05. The highest BCUT2D eigenvalue weighted by Gasteiger charge is 2.18. The lowest BCUT2D eigenvalue weighted by atomic mass is 10.1. The van der Waals surface area contributed by atoms with Crippen molar-refractivity contribution >= 4 is 0 Å². The first-order valence-corrected chi connectivity index (χ1v) is 3.27. The summed E-state index contributed by atoms with van der Waals surface area (Å²) in [5, 5.41) is 17.4. The van der Waals surface area contributed by atoms with E-state index >= 15 is 0 Å². The molecule has 0 heterocycles. The lowest BCUT2D eigenvalue weighted by molar-refractivity contribution is -0.285. The molecule has 0 amide bonds. The van der Waals surface area contributed by atoms with Gasteiger partial charge in [0.1, 0.15) is 6.10 Å². The largest absolute Gasteiger partial charge is 0.390 e. The van der Waals surface area contributed by atoms with Crippen LogP contribution in [0.3, 0.4) is 0 Å². The fourth-order valence-corrected chi connectivity index (χ4v) is 0.703. The lowest BCUT2D eigenvalue weighted by Crippen LogP contribution is -2.28. The average molecular weight is 146 g/mol. The molecule has 0 saturated carbocycles. The summed E-state index contributed by atoms with van der Waals surface area (Å²) in [6, 6.07) is 0. The molecule has 10 heavy (non-hydrogen) atoms. The van der Waals surface area contributed by atoms with Gasteiger partial charge < -0.3 is 5.11 Å². The zero-order chi connectivity index (χ0) is 8.15. The molecular weight excluding hydrogens is 132 g/mol. The van der Waals surface area contributed by atoms with E-state index in [9.17, 15) is 0 Å². The molecule has 0 unspecified atom stereocenters. The van der Waals surface area contributed by atoms with Crippen molar-refractivity contribution in [2.75, 3.05) is 0 Å². The number of aliphatic hydroxyl groups is 1. The van der Waals surface area contributed by atoms with Crippen molar-refractivity contribution in [3.8, 4) is 0 Å². The normalized spacial score (nSPS) is 16.4. The molecule has 0 aromatic heterocycles. The molecule has 0 aliphatic carbocycles. The van der Waals surface area contributed by atoms with Crippen molar-refractivity contribution < 1.29 is 15.3 Å². The van der Waals surface area contributed by atoms with E-state index in [1.807, 2.05) is 0 Å². The Hall–Kier alpha value is -0.380. The molecule has 0 aromatic carbocycles. The molecule has 0 fully saturated rings. The van der Waals surface area contributed by atoms with E-state index in [1.165, 1.54) is 0 Å². The van der Waals surface area contributed by atoms with E-state index in [0.29, 0.717) is 12.0 Å². The molecule has 2 N–H and O–H groups in total.